The molecule has 2 rings (SSSR count). The third-order valence-corrected chi connectivity index (χ3v) is 2.83. The van der Waals surface area contributed by atoms with Gasteiger partial charge in [-0.15, -0.1) is 0 Å². The van der Waals surface area contributed by atoms with Crippen LogP contribution >= 0.6 is 11.6 Å². The SMILES string of the molecule is Cc1[nH]c2cc(Cl)ccc2c1C(=O)NC(C)C. The summed E-state index contributed by atoms with van der Waals surface area (Å²) in [5.41, 5.74) is 2.45. The largest absolute Gasteiger partial charge is 0.358 e. The number of hydrogen-bond acceptors (Lipinski definition) is 1. The molecule has 0 spiro atoms. The summed E-state index contributed by atoms with van der Waals surface area (Å²) in [4.78, 5) is 15.2. The molecule has 3 nitrogen and oxygen atoms in total. The van der Waals surface area contributed by atoms with Crippen LogP contribution in [0.5, 0.6) is 0 Å². The molecule has 1 heterocycles. The van der Waals surface area contributed by atoms with Crippen LogP contribution in [0.15, 0.2) is 18.2 Å². The van der Waals surface area contributed by atoms with Gasteiger partial charge in [-0.3, -0.25) is 4.79 Å². The Bertz CT molecular complexity index is 572. The fourth-order valence-electron chi connectivity index (χ4n) is 1.93. The fourth-order valence-corrected chi connectivity index (χ4v) is 2.10. The summed E-state index contributed by atoms with van der Waals surface area (Å²) < 4.78 is 0. The monoisotopic (exact) mass is 250 g/mol. The van der Waals surface area contributed by atoms with E-state index in [1.54, 1.807) is 6.07 Å². The summed E-state index contributed by atoms with van der Waals surface area (Å²) in [5, 5.41) is 4.47. The van der Waals surface area contributed by atoms with Crippen LogP contribution in [0.2, 0.25) is 5.02 Å². The minimum Gasteiger partial charge on any atom is -0.358 e. The van der Waals surface area contributed by atoms with Gasteiger partial charge in [0, 0.05) is 27.7 Å². The second kappa shape index (κ2) is 4.41. The first kappa shape index (κ1) is 12.0. The molecule has 2 aromatic rings. The third-order valence-electron chi connectivity index (χ3n) is 2.59. The highest BCUT2D eigenvalue weighted by Gasteiger charge is 2.16. The van der Waals surface area contributed by atoms with Gasteiger partial charge >= 0.3 is 0 Å². The average Bonchev–Trinajstić information content (AvgIpc) is 2.51. The highest BCUT2D eigenvalue weighted by atomic mass is 35.5. The summed E-state index contributed by atoms with van der Waals surface area (Å²) >= 11 is 5.92. The van der Waals surface area contributed by atoms with Crippen molar-refractivity contribution in [2.24, 2.45) is 0 Å². The van der Waals surface area contributed by atoms with Gasteiger partial charge in [0.25, 0.3) is 5.91 Å². The lowest BCUT2D eigenvalue weighted by Crippen LogP contribution is -2.30. The molecule has 0 aliphatic carbocycles. The molecule has 17 heavy (non-hydrogen) atoms. The van der Waals surface area contributed by atoms with E-state index >= 15 is 0 Å². The van der Waals surface area contributed by atoms with Crippen molar-refractivity contribution in [2.45, 2.75) is 26.8 Å². The second-order valence-corrected chi connectivity index (χ2v) is 4.88. The number of nitrogens with one attached hydrogen (secondary N) is 2. The topological polar surface area (TPSA) is 44.9 Å². The number of H-pyrrole nitrogens is 1. The van der Waals surface area contributed by atoms with Gasteiger partial charge in [0.15, 0.2) is 0 Å². The molecule has 0 aliphatic heterocycles. The molecule has 0 atom stereocenters. The maximum Gasteiger partial charge on any atom is 0.253 e. The lowest BCUT2D eigenvalue weighted by molar-refractivity contribution is 0.0944. The number of carbonyl (C=O) groups is 1. The lowest BCUT2D eigenvalue weighted by atomic mass is 10.1. The Labute approximate surface area is 105 Å². The highest BCUT2D eigenvalue weighted by Crippen LogP contribution is 2.24. The molecule has 0 aliphatic rings. The molecule has 1 aromatic carbocycles. The average molecular weight is 251 g/mol. The molecule has 0 fully saturated rings. The van der Waals surface area contributed by atoms with E-state index in [2.05, 4.69) is 10.3 Å². The van der Waals surface area contributed by atoms with Crippen molar-refractivity contribution in [1.82, 2.24) is 10.3 Å². The smallest absolute Gasteiger partial charge is 0.253 e. The molecule has 0 saturated carbocycles. The van der Waals surface area contributed by atoms with Gasteiger partial charge in [-0.25, -0.2) is 0 Å². The Balaban J connectivity index is 2.53. The van der Waals surface area contributed by atoms with Crippen LogP contribution in [0, 0.1) is 6.92 Å². The lowest BCUT2D eigenvalue weighted by Gasteiger charge is -2.08. The Kier molecular flexibility index (Phi) is 3.11. The molecular weight excluding hydrogens is 236 g/mol. The number of aryl methyl sites for hydroxylation is 1. The molecule has 0 saturated heterocycles. The quantitative estimate of drug-likeness (QED) is 0.844. The zero-order valence-corrected chi connectivity index (χ0v) is 10.9. The highest BCUT2D eigenvalue weighted by molar-refractivity contribution is 6.31. The molecule has 1 aromatic heterocycles. The predicted octanol–water partition coefficient (Wildman–Crippen LogP) is 3.27. The van der Waals surface area contributed by atoms with Crippen molar-refractivity contribution in [2.75, 3.05) is 0 Å². The van der Waals surface area contributed by atoms with Crippen molar-refractivity contribution < 1.29 is 4.79 Å². The molecule has 2 N–H and O–H groups in total. The minimum absolute atomic E-state index is 0.0499. The van der Waals surface area contributed by atoms with Gasteiger partial charge in [-0.05, 0) is 32.9 Å². The van der Waals surface area contributed by atoms with E-state index in [1.807, 2.05) is 32.9 Å². The Morgan fingerprint density at radius 2 is 2.12 bits per heavy atom. The van der Waals surface area contributed by atoms with E-state index in [-0.39, 0.29) is 11.9 Å². The number of benzene rings is 1. The summed E-state index contributed by atoms with van der Waals surface area (Å²) in [5.74, 6) is -0.0499. The fraction of sp³-hybridized carbons (Fsp3) is 0.308. The summed E-state index contributed by atoms with van der Waals surface area (Å²) in [6, 6.07) is 5.62. The van der Waals surface area contributed by atoms with Crippen molar-refractivity contribution in [3.8, 4) is 0 Å². The molecule has 0 unspecified atom stereocenters. The molecule has 4 heteroatoms. The number of fused-ring (bicyclic) bond motifs is 1. The minimum atomic E-state index is -0.0499. The van der Waals surface area contributed by atoms with E-state index in [0.717, 1.165) is 16.6 Å². The van der Waals surface area contributed by atoms with E-state index in [0.29, 0.717) is 10.6 Å². The summed E-state index contributed by atoms with van der Waals surface area (Å²) in [7, 11) is 0. The first-order valence-corrected chi connectivity index (χ1v) is 5.95. The Hall–Kier alpha value is -1.48. The van der Waals surface area contributed by atoms with Crippen LogP contribution in [0.3, 0.4) is 0 Å². The van der Waals surface area contributed by atoms with E-state index < -0.39 is 0 Å². The second-order valence-electron chi connectivity index (χ2n) is 4.44. The number of carbonyl (C=O) groups excluding carboxylic acids is 1. The number of hydrogen-bond donors (Lipinski definition) is 2. The van der Waals surface area contributed by atoms with Crippen LogP contribution in [-0.4, -0.2) is 16.9 Å². The van der Waals surface area contributed by atoms with Gasteiger partial charge in [0.05, 0.1) is 5.56 Å². The molecular formula is C13H15ClN2O. The number of halogens is 1. The van der Waals surface area contributed by atoms with E-state index in [1.165, 1.54) is 0 Å². The number of aromatic amines is 1. The first-order valence-electron chi connectivity index (χ1n) is 5.57. The number of amides is 1. The molecule has 0 radical (unpaired) electrons. The molecule has 1 amide bonds. The third kappa shape index (κ3) is 2.29. The summed E-state index contributed by atoms with van der Waals surface area (Å²) in [6.45, 7) is 5.78. The van der Waals surface area contributed by atoms with Gasteiger partial charge in [-0.2, -0.15) is 0 Å². The van der Waals surface area contributed by atoms with Crippen LogP contribution < -0.4 is 5.32 Å². The van der Waals surface area contributed by atoms with Crippen LogP contribution in [-0.2, 0) is 0 Å². The van der Waals surface area contributed by atoms with Crippen LogP contribution in [0.4, 0.5) is 0 Å². The predicted molar refractivity (Wildman–Crippen MR) is 70.6 cm³/mol. The van der Waals surface area contributed by atoms with Gasteiger partial charge in [0.2, 0.25) is 0 Å². The van der Waals surface area contributed by atoms with Crippen molar-refractivity contribution in [1.29, 1.82) is 0 Å². The van der Waals surface area contributed by atoms with E-state index in [9.17, 15) is 4.79 Å². The maximum absolute atomic E-state index is 12.1. The van der Waals surface area contributed by atoms with E-state index in [4.69, 9.17) is 11.6 Å². The normalized spacial score (nSPS) is 11.1. The zero-order chi connectivity index (χ0) is 12.6. The van der Waals surface area contributed by atoms with Crippen molar-refractivity contribution >= 4 is 28.4 Å². The van der Waals surface area contributed by atoms with Gasteiger partial charge in [0.1, 0.15) is 0 Å². The first-order chi connectivity index (χ1) is 7.99. The Morgan fingerprint density at radius 3 is 2.76 bits per heavy atom. The summed E-state index contributed by atoms with van der Waals surface area (Å²) in [6.07, 6.45) is 0. The Morgan fingerprint density at radius 1 is 1.41 bits per heavy atom. The number of aromatic nitrogens is 1. The molecule has 90 valence electrons. The molecule has 0 bridgehead atoms. The van der Waals surface area contributed by atoms with Crippen LogP contribution in [0.1, 0.15) is 29.9 Å². The van der Waals surface area contributed by atoms with Crippen LogP contribution in [0.25, 0.3) is 10.9 Å². The van der Waals surface area contributed by atoms with Crippen molar-refractivity contribution in [3.05, 3.63) is 34.5 Å². The zero-order valence-electron chi connectivity index (χ0n) is 10.1. The van der Waals surface area contributed by atoms with Gasteiger partial charge in [-0.1, -0.05) is 17.7 Å². The maximum atomic E-state index is 12.1. The van der Waals surface area contributed by atoms with Crippen molar-refractivity contribution in [3.63, 3.8) is 0 Å². The van der Waals surface area contributed by atoms with Gasteiger partial charge < -0.3 is 10.3 Å². The standard InChI is InChI=1S/C13H15ClN2O/c1-7(2)15-13(17)12-8(3)16-11-6-9(14)4-5-10(11)12/h4-7,16H,1-3H3,(H,15,17). The number of rotatable bonds is 2.